The van der Waals surface area contributed by atoms with Gasteiger partial charge in [-0.05, 0) is 28.3 Å². The first-order valence-electron chi connectivity index (χ1n) is 8.83. The van der Waals surface area contributed by atoms with Gasteiger partial charge in [-0.25, -0.2) is 14.0 Å². The first-order valence-corrected chi connectivity index (χ1v) is 8.83. The number of carbonyl (C=O) groups excluding carboxylic acids is 1. The molecular weight excluding hydrogens is 377 g/mol. The van der Waals surface area contributed by atoms with Crippen molar-refractivity contribution in [1.29, 1.82) is 0 Å². The summed E-state index contributed by atoms with van der Waals surface area (Å²) in [5.74, 6) is -3.36. The number of aromatic hydroxyl groups is 1. The van der Waals surface area contributed by atoms with Crippen LogP contribution in [0.2, 0.25) is 0 Å². The number of benzene rings is 3. The molecular formula is C22H16FNO5. The van der Waals surface area contributed by atoms with Crippen LogP contribution >= 0.6 is 0 Å². The number of amides is 1. The minimum absolute atomic E-state index is 0.0492. The van der Waals surface area contributed by atoms with Crippen LogP contribution in [0.25, 0.3) is 11.1 Å². The Morgan fingerprint density at radius 1 is 1.00 bits per heavy atom. The van der Waals surface area contributed by atoms with Crippen LogP contribution in [-0.4, -0.2) is 28.9 Å². The molecule has 3 aromatic rings. The number of carbonyl (C=O) groups is 2. The molecule has 1 amide bonds. The summed E-state index contributed by atoms with van der Waals surface area (Å²) in [5, 5.41) is 21.0. The highest BCUT2D eigenvalue weighted by Gasteiger charge is 2.29. The largest absolute Gasteiger partial charge is 0.506 e. The number of rotatable bonds is 4. The highest BCUT2D eigenvalue weighted by Crippen LogP contribution is 2.44. The van der Waals surface area contributed by atoms with E-state index < -0.39 is 29.2 Å². The first kappa shape index (κ1) is 18.5. The maximum Gasteiger partial charge on any atom is 0.411 e. The molecule has 29 heavy (non-hydrogen) atoms. The van der Waals surface area contributed by atoms with Gasteiger partial charge in [0, 0.05) is 12.0 Å². The average Bonchev–Trinajstić information content (AvgIpc) is 3.02. The van der Waals surface area contributed by atoms with E-state index in [1.807, 2.05) is 48.5 Å². The molecule has 0 aromatic heterocycles. The number of phenolic OH excluding ortho intramolecular Hbond substituents is 1. The number of carboxylic acid groups (broad SMARTS) is 1. The molecule has 1 aliphatic carbocycles. The Kier molecular flexibility index (Phi) is 4.64. The standard InChI is InChI=1S/C22H16FNO5/c23-18-10-20(25)19(9-16(18)21(26)27)24-22(28)29-11-17-14-7-3-1-5-12(14)13-6-2-4-8-15(13)17/h1-10,17,25H,11H2,(H,24,28)(H,26,27). The third-order valence-corrected chi connectivity index (χ3v) is 4.90. The number of fused-ring (bicyclic) bond motifs is 3. The monoisotopic (exact) mass is 393 g/mol. The van der Waals surface area contributed by atoms with E-state index in [0.29, 0.717) is 6.07 Å². The van der Waals surface area contributed by atoms with Crippen molar-refractivity contribution in [3.8, 4) is 16.9 Å². The van der Waals surface area contributed by atoms with Crippen LogP contribution in [-0.2, 0) is 4.74 Å². The maximum absolute atomic E-state index is 13.6. The lowest BCUT2D eigenvalue weighted by Gasteiger charge is -2.15. The van der Waals surface area contributed by atoms with Crippen molar-refractivity contribution in [2.24, 2.45) is 0 Å². The minimum atomic E-state index is -1.52. The summed E-state index contributed by atoms with van der Waals surface area (Å²) >= 11 is 0. The van der Waals surface area contributed by atoms with Crippen molar-refractivity contribution in [3.63, 3.8) is 0 Å². The molecule has 0 bridgehead atoms. The van der Waals surface area contributed by atoms with Gasteiger partial charge in [-0.1, -0.05) is 48.5 Å². The molecule has 0 saturated heterocycles. The first-order chi connectivity index (χ1) is 14.0. The van der Waals surface area contributed by atoms with Crippen LogP contribution in [0.15, 0.2) is 60.7 Å². The summed E-state index contributed by atoms with van der Waals surface area (Å²) < 4.78 is 18.9. The molecule has 0 fully saturated rings. The van der Waals surface area contributed by atoms with Crippen molar-refractivity contribution >= 4 is 17.7 Å². The van der Waals surface area contributed by atoms with Gasteiger partial charge in [0.2, 0.25) is 0 Å². The average molecular weight is 393 g/mol. The van der Waals surface area contributed by atoms with Crippen molar-refractivity contribution in [3.05, 3.63) is 83.2 Å². The molecule has 0 unspecified atom stereocenters. The summed E-state index contributed by atoms with van der Waals surface area (Å²) in [4.78, 5) is 23.3. The Morgan fingerprint density at radius 3 is 2.17 bits per heavy atom. The lowest BCUT2D eigenvalue weighted by Crippen LogP contribution is -2.18. The highest BCUT2D eigenvalue weighted by atomic mass is 19.1. The number of hydrogen-bond acceptors (Lipinski definition) is 4. The predicted molar refractivity (Wildman–Crippen MR) is 104 cm³/mol. The van der Waals surface area contributed by atoms with E-state index in [1.54, 1.807) is 0 Å². The van der Waals surface area contributed by atoms with E-state index in [9.17, 15) is 19.1 Å². The zero-order valence-electron chi connectivity index (χ0n) is 15.1. The fraction of sp³-hybridized carbons (Fsp3) is 0.0909. The van der Waals surface area contributed by atoms with Gasteiger partial charge in [0.1, 0.15) is 18.2 Å². The van der Waals surface area contributed by atoms with Crippen LogP contribution < -0.4 is 5.32 Å². The summed E-state index contributed by atoms with van der Waals surface area (Å²) in [6.45, 7) is 0.0492. The third kappa shape index (κ3) is 3.38. The van der Waals surface area contributed by atoms with E-state index >= 15 is 0 Å². The van der Waals surface area contributed by atoms with Gasteiger partial charge in [0.05, 0.1) is 11.3 Å². The zero-order chi connectivity index (χ0) is 20.5. The summed E-state index contributed by atoms with van der Waals surface area (Å²) in [5.41, 5.74) is 3.33. The molecule has 3 N–H and O–H groups in total. The van der Waals surface area contributed by atoms with Crippen LogP contribution in [0.3, 0.4) is 0 Å². The molecule has 0 radical (unpaired) electrons. The zero-order valence-corrected chi connectivity index (χ0v) is 15.1. The second kappa shape index (κ2) is 7.27. The van der Waals surface area contributed by atoms with Crippen molar-refractivity contribution in [2.45, 2.75) is 5.92 Å². The number of nitrogens with one attached hydrogen (secondary N) is 1. The number of phenols is 1. The molecule has 4 rings (SSSR count). The van der Waals surface area contributed by atoms with Gasteiger partial charge in [-0.3, -0.25) is 5.32 Å². The lowest BCUT2D eigenvalue weighted by molar-refractivity contribution is 0.0691. The fourth-order valence-corrected chi connectivity index (χ4v) is 3.57. The van der Waals surface area contributed by atoms with Crippen LogP contribution in [0.4, 0.5) is 14.9 Å². The smallest absolute Gasteiger partial charge is 0.411 e. The topological polar surface area (TPSA) is 95.9 Å². The Labute approximate surface area is 165 Å². The van der Waals surface area contributed by atoms with E-state index in [1.165, 1.54) is 0 Å². The number of ether oxygens (including phenoxy) is 1. The van der Waals surface area contributed by atoms with E-state index in [2.05, 4.69) is 5.32 Å². The Bertz CT molecular complexity index is 1080. The molecule has 0 saturated carbocycles. The molecule has 1 aliphatic rings. The number of aromatic carboxylic acids is 1. The van der Waals surface area contributed by atoms with Crippen LogP contribution in [0.5, 0.6) is 5.75 Å². The van der Waals surface area contributed by atoms with Gasteiger partial charge >= 0.3 is 12.1 Å². The normalized spacial score (nSPS) is 12.2. The molecule has 146 valence electrons. The second-order valence-electron chi connectivity index (χ2n) is 6.60. The summed E-state index contributed by atoms with van der Waals surface area (Å²) in [6, 6.07) is 17.2. The van der Waals surface area contributed by atoms with Gasteiger partial charge < -0.3 is 14.9 Å². The molecule has 0 spiro atoms. The van der Waals surface area contributed by atoms with Crippen molar-refractivity contribution in [1.82, 2.24) is 0 Å². The summed E-state index contributed by atoms with van der Waals surface area (Å²) in [6.07, 6.45) is -0.884. The Balaban J connectivity index is 1.51. The second-order valence-corrected chi connectivity index (χ2v) is 6.60. The quantitative estimate of drug-likeness (QED) is 0.564. The van der Waals surface area contributed by atoms with Gasteiger partial charge in [-0.2, -0.15) is 0 Å². The third-order valence-electron chi connectivity index (χ3n) is 4.90. The summed E-state index contributed by atoms with van der Waals surface area (Å²) in [7, 11) is 0. The SMILES string of the molecule is O=C(Nc1cc(C(=O)O)c(F)cc1O)OCC1c2ccccc2-c2ccccc21. The maximum atomic E-state index is 13.6. The number of halogens is 1. The van der Waals surface area contributed by atoms with E-state index in [4.69, 9.17) is 9.84 Å². The molecule has 7 heteroatoms. The molecule has 3 aromatic carbocycles. The van der Waals surface area contributed by atoms with Crippen molar-refractivity contribution in [2.75, 3.05) is 11.9 Å². The van der Waals surface area contributed by atoms with Crippen LogP contribution in [0.1, 0.15) is 27.4 Å². The molecule has 0 atom stereocenters. The number of hydrogen-bond donors (Lipinski definition) is 3. The van der Waals surface area contributed by atoms with Gasteiger partial charge in [-0.15, -0.1) is 0 Å². The molecule has 6 nitrogen and oxygen atoms in total. The minimum Gasteiger partial charge on any atom is -0.506 e. The highest BCUT2D eigenvalue weighted by molar-refractivity contribution is 5.93. The Morgan fingerprint density at radius 2 is 1.59 bits per heavy atom. The van der Waals surface area contributed by atoms with E-state index in [0.717, 1.165) is 28.3 Å². The van der Waals surface area contributed by atoms with E-state index in [-0.39, 0.29) is 18.2 Å². The Hall–Kier alpha value is -3.87. The van der Waals surface area contributed by atoms with Crippen molar-refractivity contribution < 1.29 is 28.9 Å². The molecule has 0 heterocycles. The van der Waals surface area contributed by atoms with Crippen LogP contribution in [0, 0.1) is 5.82 Å². The fourth-order valence-electron chi connectivity index (χ4n) is 3.57. The number of carboxylic acids is 1. The predicted octanol–water partition coefficient (Wildman–Crippen LogP) is 4.59. The van der Waals surface area contributed by atoms with Gasteiger partial charge in [0.15, 0.2) is 0 Å². The lowest BCUT2D eigenvalue weighted by atomic mass is 9.98. The number of anilines is 1. The van der Waals surface area contributed by atoms with Gasteiger partial charge in [0.25, 0.3) is 0 Å². The molecule has 0 aliphatic heterocycles.